The van der Waals surface area contributed by atoms with Gasteiger partial charge in [0.05, 0.1) is 10.5 Å². The summed E-state index contributed by atoms with van der Waals surface area (Å²) in [7, 11) is -3.12. The summed E-state index contributed by atoms with van der Waals surface area (Å²) in [5.74, 6) is 0.470. The van der Waals surface area contributed by atoms with E-state index in [4.69, 9.17) is 4.74 Å². The van der Waals surface area contributed by atoms with E-state index in [-0.39, 0.29) is 17.8 Å². The van der Waals surface area contributed by atoms with Crippen molar-refractivity contribution in [1.29, 1.82) is 0 Å². The molecule has 1 saturated heterocycles. The quantitative estimate of drug-likeness (QED) is 0.725. The number of nitrogens with zero attached hydrogens (tertiary/aromatic N) is 1. The first-order chi connectivity index (χ1) is 14.0. The topological polar surface area (TPSA) is 63.7 Å². The number of amides is 1. The minimum Gasteiger partial charge on any atom is -0.484 e. The predicted molar refractivity (Wildman–Crippen MR) is 114 cm³/mol. The van der Waals surface area contributed by atoms with Crippen molar-refractivity contribution < 1.29 is 17.9 Å². The van der Waals surface area contributed by atoms with Crippen molar-refractivity contribution in [2.45, 2.75) is 42.6 Å². The summed E-state index contributed by atoms with van der Waals surface area (Å²) in [6.45, 7) is 0.531. The van der Waals surface area contributed by atoms with Crippen LogP contribution < -0.4 is 4.74 Å². The maximum atomic E-state index is 12.7. The van der Waals surface area contributed by atoms with E-state index in [0.717, 1.165) is 43.2 Å². The zero-order valence-corrected chi connectivity index (χ0v) is 17.3. The number of ether oxygens (including phenoxy) is 1. The molecular formula is C23H27NO4S. The van der Waals surface area contributed by atoms with Crippen molar-refractivity contribution in [3.05, 3.63) is 54.6 Å². The normalized spacial score (nSPS) is 18.3. The summed E-state index contributed by atoms with van der Waals surface area (Å²) in [6.07, 6.45) is 4.67. The largest absolute Gasteiger partial charge is 0.484 e. The second-order valence-electron chi connectivity index (χ2n) is 7.95. The molecule has 154 valence electrons. The van der Waals surface area contributed by atoms with E-state index in [9.17, 15) is 13.2 Å². The summed E-state index contributed by atoms with van der Waals surface area (Å²) in [5, 5.41) is -0.613. The van der Waals surface area contributed by atoms with Crippen LogP contribution in [0.15, 0.2) is 54.6 Å². The molecule has 0 atom stereocenters. The van der Waals surface area contributed by atoms with Crippen LogP contribution in [0.2, 0.25) is 0 Å². The summed E-state index contributed by atoms with van der Waals surface area (Å²) >= 11 is 0. The Kier molecular flexibility index (Phi) is 5.90. The number of likely N-dealkylation sites (tertiary alicyclic amines) is 1. The lowest BCUT2D eigenvalue weighted by molar-refractivity contribution is -0.136. The number of carbonyl (C=O) groups excluding carboxylic acids is 1. The smallest absolute Gasteiger partial charge is 0.260 e. The second-order valence-corrected chi connectivity index (χ2v) is 10.5. The molecule has 4 rings (SSSR count). The fourth-order valence-corrected chi connectivity index (χ4v) is 6.44. The third-order valence-electron chi connectivity index (χ3n) is 6.01. The Balaban J connectivity index is 1.26. The van der Waals surface area contributed by atoms with Crippen molar-refractivity contribution in [3.63, 3.8) is 0 Å². The van der Waals surface area contributed by atoms with Crippen molar-refractivity contribution in [1.82, 2.24) is 4.90 Å². The predicted octanol–water partition coefficient (Wildman–Crippen LogP) is 3.69. The standard InChI is InChI=1S/C23H27NO4S/c25-23(24-15-22(16-24)29(26,27)21-9-5-2-6-10-21)17-28-20-13-11-19(12-14-20)18-7-3-1-4-8-18/h1,3-4,7-8,11-14,21-22H,2,5-6,9-10,15-17H2. The van der Waals surface area contributed by atoms with Crippen LogP contribution in [0.4, 0.5) is 0 Å². The van der Waals surface area contributed by atoms with Gasteiger partial charge in [-0.3, -0.25) is 4.79 Å². The van der Waals surface area contributed by atoms with E-state index >= 15 is 0 Å². The molecule has 0 bridgehead atoms. The highest BCUT2D eigenvalue weighted by molar-refractivity contribution is 7.92. The van der Waals surface area contributed by atoms with E-state index in [0.29, 0.717) is 18.8 Å². The second kappa shape index (κ2) is 8.57. The van der Waals surface area contributed by atoms with Gasteiger partial charge in [0, 0.05) is 13.1 Å². The van der Waals surface area contributed by atoms with Gasteiger partial charge in [-0.2, -0.15) is 0 Å². The lowest BCUT2D eigenvalue weighted by atomic mass is 10.0. The van der Waals surface area contributed by atoms with E-state index in [1.807, 2.05) is 54.6 Å². The van der Waals surface area contributed by atoms with Crippen LogP contribution >= 0.6 is 0 Å². The molecule has 2 aliphatic rings. The van der Waals surface area contributed by atoms with Gasteiger partial charge in [-0.05, 0) is 36.1 Å². The molecule has 1 saturated carbocycles. The van der Waals surface area contributed by atoms with Gasteiger partial charge < -0.3 is 9.64 Å². The number of sulfone groups is 1. The Morgan fingerprint density at radius 2 is 1.48 bits per heavy atom. The molecule has 6 heteroatoms. The van der Waals surface area contributed by atoms with Gasteiger partial charge in [-0.1, -0.05) is 61.7 Å². The molecule has 1 aliphatic carbocycles. The first-order valence-electron chi connectivity index (χ1n) is 10.3. The Labute approximate surface area is 172 Å². The Morgan fingerprint density at radius 1 is 0.862 bits per heavy atom. The van der Waals surface area contributed by atoms with Crippen LogP contribution in [0.5, 0.6) is 5.75 Å². The fourth-order valence-electron chi connectivity index (χ4n) is 4.13. The lowest BCUT2D eigenvalue weighted by Gasteiger charge is -2.40. The molecule has 1 heterocycles. The minimum atomic E-state index is -3.12. The highest BCUT2D eigenvalue weighted by Crippen LogP contribution is 2.30. The number of rotatable bonds is 6. The van der Waals surface area contributed by atoms with Gasteiger partial charge in [-0.25, -0.2) is 8.42 Å². The van der Waals surface area contributed by atoms with Crippen LogP contribution in [0.25, 0.3) is 11.1 Å². The van der Waals surface area contributed by atoms with Crippen LogP contribution in [-0.2, 0) is 14.6 Å². The average molecular weight is 414 g/mol. The van der Waals surface area contributed by atoms with Crippen LogP contribution in [0.3, 0.4) is 0 Å². The number of hydrogen-bond donors (Lipinski definition) is 0. The minimum absolute atomic E-state index is 0.0686. The molecule has 2 aromatic rings. The van der Waals surface area contributed by atoms with Gasteiger partial charge in [0.25, 0.3) is 5.91 Å². The zero-order chi connectivity index (χ0) is 20.3. The molecule has 0 radical (unpaired) electrons. The molecule has 0 N–H and O–H groups in total. The summed E-state index contributed by atoms with van der Waals surface area (Å²) in [5.41, 5.74) is 2.21. The molecular weight excluding hydrogens is 386 g/mol. The Bertz CT molecular complexity index is 929. The van der Waals surface area contributed by atoms with E-state index < -0.39 is 15.1 Å². The monoisotopic (exact) mass is 413 g/mol. The highest BCUT2D eigenvalue weighted by atomic mass is 32.2. The Morgan fingerprint density at radius 3 is 2.14 bits per heavy atom. The van der Waals surface area contributed by atoms with Crippen LogP contribution in [-0.4, -0.2) is 49.4 Å². The summed E-state index contributed by atoms with van der Waals surface area (Å²) in [4.78, 5) is 13.9. The number of benzene rings is 2. The summed E-state index contributed by atoms with van der Waals surface area (Å²) < 4.78 is 31.0. The van der Waals surface area contributed by atoms with Gasteiger partial charge >= 0.3 is 0 Å². The maximum Gasteiger partial charge on any atom is 0.260 e. The first kappa shape index (κ1) is 20.0. The van der Waals surface area contributed by atoms with Crippen LogP contribution in [0.1, 0.15) is 32.1 Å². The molecule has 1 amide bonds. The fraction of sp³-hybridized carbons (Fsp3) is 0.435. The first-order valence-corrected chi connectivity index (χ1v) is 11.9. The molecule has 0 aromatic heterocycles. The molecule has 5 nitrogen and oxygen atoms in total. The molecule has 2 aromatic carbocycles. The molecule has 1 aliphatic heterocycles. The van der Waals surface area contributed by atoms with E-state index in [1.54, 1.807) is 4.90 Å². The van der Waals surface area contributed by atoms with Crippen molar-refractivity contribution in [2.75, 3.05) is 19.7 Å². The van der Waals surface area contributed by atoms with Crippen LogP contribution in [0, 0.1) is 0 Å². The van der Waals surface area contributed by atoms with Gasteiger partial charge in [0.15, 0.2) is 16.4 Å². The number of hydrogen-bond acceptors (Lipinski definition) is 4. The van der Waals surface area contributed by atoms with Crippen molar-refractivity contribution in [2.24, 2.45) is 0 Å². The lowest BCUT2D eigenvalue weighted by Crippen LogP contribution is -2.59. The molecule has 2 fully saturated rings. The third-order valence-corrected chi connectivity index (χ3v) is 8.63. The average Bonchev–Trinajstić information content (AvgIpc) is 2.73. The Hall–Kier alpha value is -2.34. The zero-order valence-electron chi connectivity index (χ0n) is 16.5. The third kappa shape index (κ3) is 4.47. The van der Waals surface area contributed by atoms with E-state index in [2.05, 4.69) is 0 Å². The number of carbonyl (C=O) groups is 1. The molecule has 0 unspecified atom stereocenters. The van der Waals surface area contributed by atoms with Crippen molar-refractivity contribution >= 4 is 15.7 Å². The molecule has 0 spiro atoms. The van der Waals surface area contributed by atoms with Gasteiger partial charge in [-0.15, -0.1) is 0 Å². The summed E-state index contributed by atoms with van der Waals surface area (Å²) in [6, 6.07) is 17.7. The van der Waals surface area contributed by atoms with Gasteiger partial charge in [0.2, 0.25) is 0 Å². The highest BCUT2D eigenvalue weighted by Gasteiger charge is 2.43. The maximum absolute atomic E-state index is 12.7. The SMILES string of the molecule is O=C(COc1ccc(-c2ccccc2)cc1)N1CC(S(=O)(=O)C2CCCCC2)C1. The molecule has 29 heavy (non-hydrogen) atoms. The van der Waals surface area contributed by atoms with Gasteiger partial charge in [0.1, 0.15) is 5.75 Å². The van der Waals surface area contributed by atoms with Crippen molar-refractivity contribution in [3.8, 4) is 16.9 Å². The van der Waals surface area contributed by atoms with E-state index in [1.165, 1.54) is 0 Å².